The van der Waals surface area contributed by atoms with Crippen molar-refractivity contribution in [2.75, 3.05) is 39.3 Å². The van der Waals surface area contributed by atoms with Crippen LogP contribution in [0.1, 0.15) is 25.6 Å². The molecule has 9 nitrogen and oxygen atoms in total. The number of aliphatic imine (C=N–C) groups is 1. The molecule has 146 valence electrons. The third-order valence-electron chi connectivity index (χ3n) is 4.49. The number of amides is 1. The lowest BCUT2D eigenvalue weighted by Gasteiger charge is -2.36. The predicted molar refractivity (Wildman–Crippen MR) is 110 cm³/mol. The monoisotopic (exact) mass is 476 g/mol. The molecule has 0 bridgehead atoms. The normalized spacial score (nSPS) is 18.4. The van der Waals surface area contributed by atoms with Crippen molar-refractivity contribution in [3.8, 4) is 0 Å². The van der Waals surface area contributed by atoms with Gasteiger partial charge in [0.05, 0.1) is 6.54 Å². The van der Waals surface area contributed by atoms with E-state index < -0.39 is 0 Å². The van der Waals surface area contributed by atoms with E-state index in [9.17, 15) is 4.79 Å². The first-order valence-electron chi connectivity index (χ1n) is 9.03. The first kappa shape index (κ1) is 20.9. The summed E-state index contributed by atoms with van der Waals surface area (Å²) in [6, 6.07) is 0.432. The van der Waals surface area contributed by atoms with Crippen molar-refractivity contribution >= 4 is 35.8 Å². The SMILES string of the molecule is CCNC(=NCc1ncnn1C)N1CCN(CC(=O)NC2CC2)CC1.I. The number of aromatic nitrogens is 3. The summed E-state index contributed by atoms with van der Waals surface area (Å²) in [4.78, 5) is 25.3. The van der Waals surface area contributed by atoms with Crippen molar-refractivity contribution < 1.29 is 4.79 Å². The lowest BCUT2D eigenvalue weighted by Crippen LogP contribution is -2.54. The van der Waals surface area contributed by atoms with Gasteiger partial charge in [-0.3, -0.25) is 14.4 Å². The third-order valence-corrected chi connectivity index (χ3v) is 4.49. The molecule has 2 aliphatic rings. The van der Waals surface area contributed by atoms with Gasteiger partial charge in [-0.1, -0.05) is 0 Å². The highest BCUT2D eigenvalue weighted by molar-refractivity contribution is 14.0. The number of piperazine rings is 1. The fourth-order valence-electron chi connectivity index (χ4n) is 2.86. The summed E-state index contributed by atoms with van der Waals surface area (Å²) >= 11 is 0. The van der Waals surface area contributed by atoms with Gasteiger partial charge in [-0.25, -0.2) is 9.98 Å². The zero-order valence-electron chi connectivity index (χ0n) is 15.5. The van der Waals surface area contributed by atoms with Crippen LogP contribution in [0.25, 0.3) is 0 Å². The Kier molecular flexibility index (Phi) is 8.07. The molecule has 1 aliphatic heterocycles. The number of guanidine groups is 1. The molecule has 2 N–H and O–H groups in total. The average Bonchev–Trinajstić information content (AvgIpc) is 3.32. The quantitative estimate of drug-likeness (QED) is 0.336. The molecule has 10 heteroatoms. The summed E-state index contributed by atoms with van der Waals surface area (Å²) < 4.78 is 1.74. The second-order valence-corrected chi connectivity index (χ2v) is 6.58. The van der Waals surface area contributed by atoms with Crippen molar-refractivity contribution in [2.45, 2.75) is 32.4 Å². The number of halogens is 1. The van der Waals surface area contributed by atoms with Crippen LogP contribution in [0.15, 0.2) is 11.3 Å². The molecule has 26 heavy (non-hydrogen) atoms. The van der Waals surface area contributed by atoms with Crippen LogP contribution >= 0.6 is 24.0 Å². The summed E-state index contributed by atoms with van der Waals surface area (Å²) in [5.74, 6) is 1.89. The zero-order valence-corrected chi connectivity index (χ0v) is 17.8. The molecule has 1 saturated heterocycles. The molecular formula is C16H29IN8O. The van der Waals surface area contributed by atoms with Crippen LogP contribution in [0.3, 0.4) is 0 Å². The summed E-state index contributed by atoms with van der Waals surface area (Å²) in [6.07, 6.45) is 3.81. The van der Waals surface area contributed by atoms with Crippen molar-refractivity contribution in [1.29, 1.82) is 0 Å². The second-order valence-electron chi connectivity index (χ2n) is 6.58. The van der Waals surface area contributed by atoms with Gasteiger partial charge in [0.25, 0.3) is 0 Å². The van der Waals surface area contributed by atoms with Gasteiger partial charge in [0.15, 0.2) is 5.96 Å². The molecule has 0 aromatic carbocycles. The highest BCUT2D eigenvalue weighted by atomic mass is 127. The molecule has 2 fully saturated rings. The van der Waals surface area contributed by atoms with Gasteiger partial charge in [0, 0.05) is 45.8 Å². The van der Waals surface area contributed by atoms with Gasteiger partial charge in [0.2, 0.25) is 5.91 Å². The number of nitrogens with one attached hydrogen (secondary N) is 2. The summed E-state index contributed by atoms with van der Waals surface area (Å²) in [6.45, 7) is 7.35. The Morgan fingerprint density at radius 1 is 1.31 bits per heavy atom. The van der Waals surface area contributed by atoms with E-state index in [0.29, 0.717) is 19.1 Å². The molecule has 0 spiro atoms. The molecular weight excluding hydrogens is 447 g/mol. The Morgan fingerprint density at radius 3 is 2.62 bits per heavy atom. The van der Waals surface area contributed by atoms with Crippen LogP contribution in [0, 0.1) is 0 Å². The smallest absolute Gasteiger partial charge is 0.234 e. The van der Waals surface area contributed by atoms with Gasteiger partial charge >= 0.3 is 0 Å². The van der Waals surface area contributed by atoms with Gasteiger partial charge in [-0.05, 0) is 19.8 Å². The third kappa shape index (κ3) is 6.08. The Morgan fingerprint density at radius 2 is 2.04 bits per heavy atom. The molecule has 0 radical (unpaired) electrons. The number of carbonyl (C=O) groups is 1. The van der Waals surface area contributed by atoms with Crippen LogP contribution in [-0.2, 0) is 18.4 Å². The summed E-state index contributed by atoms with van der Waals surface area (Å²) in [5.41, 5.74) is 0. The molecule has 1 amide bonds. The van der Waals surface area contributed by atoms with E-state index in [1.54, 1.807) is 11.0 Å². The molecule has 2 heterocycles. The van der Waals surface area contributed by atoms with E-state index >= 15 is 0 Å². The predicted octanol–water partition coefficient (Wildman–Crippen LogP) is -0.205. The zero-order chi connectivity index (χ0) is 17.6. The van der Waals surface area contributed by atoms with Gasteiger partial charge in [0.1, 0.15) is 18.7 Å². The maximum absolute atomic E-state index is 11.9. The average molecular weight is 476 g/mol. The first-order chi connectivity index (χ1) is 12.2. The van der Waals surface area contributed by atoms with Crippen molar-refractivity contribution in [3.63, 3.8) is 0 Å². The van der Waals surface area contributed by atoms with Crippen molar-refractivity contribution in [1.82, 2.24) is 35.2 Å². The molecule has 1 aliphatic carbocycles. The van der Waals surface area contributed by atoms with E-state index in [2.05, 4.69) is 42.4 Å². The van der Waals surface area contributed by atoms with Crippen LogP contribution in [0.4, 0.5) is 0 Å². The molecule has 1 aromatic heterocycles. The highest BCUT2D eigenvalue weighted by Gasteiger charge is 2.25. The van der Waals surface area contributed by atoms with E-state index in [-0.39, 0.29) is 29.9 Å². The minimum absolute atomic E-state index is 0. The van der Waals surface area contributed by atoms with Crippen molar-refractivity contribution in [2.24, 2.45) is 12.0 Å². The van der Waals surface area contributed by atoms with Gasteiger partial charge in [-0.15, -0.1) is 24.0 Å². The Labute approximate surface area is 171 Å². The maximum atomic E-state index is 11.9. The fraction of sp³-hybridized carbons (Fsp3) is 0.750. The standard InChI is InChI=1S/C16H28N8O.HI/c1-3-17-16(18-10-14-19-12-20-22(14)2)24-8-6-23(7-9-24)11-15(25)21-13-4-5-13;/h12-13H,3-11H2,1-2H3,(H,17,18)(H,21,25);1H. The van der Waals surface area contributed by atoms with Crippen LogP contribution < -0.4 is 10.6 Å². The highest BCUT2D eigenvalue weighted by Crippen LogP contribution is 2.18. The molecule has 1 aromatic rings. The number of nitrogens with zero attached hydrogens (tertiary/aromatic N) is 6. The number of hydrogen-bond donors (Lipinski definition) is 2. The Hall–Kier alpha value is -1.43. The minimum atomic E-state index is 0. The summed E-state index contributed by atoms with van der Waals surface area (Å²) in [5, 5.41) is 10.5. The number of hydrogen-bond acceptors (Lipinski definition) is 5. The molecule has 0 unspecified atom stereocenters. The number of rotatable bonds is 6. The molecule has 1 saturated carbocycles. The van der Waals surface area contributed by atoms with E-state index in [1.807, 2.05) is 7.05 Å². The maximum Gasteiger partial charge on any atom is 0.234 e. The lowest BCUT2D eigenvalue weighted by molar-refractivity contribution is -0.122. The number of carbonyl (C=O) groups excluding carboxylic acids is 1. The van der Waals surface area contributed by atoms with Gasteiger partial charge < -0.3 is 15.5 Å². The van der Waals surface area contributed by atoms with Crippen LogP contribution in [0.2, 0.25) is 0 Å². The molecule has 0 atom stereocenters. The minimum Gasteiger partial charge on any atom is -0.357 e. The Bertz CT molecular complexity index is 607. The second kappa shape index (κ2) is 10.0. The number of aryl methyl sites for hydroxylation is 1. The summed E-state index contributed by atoms with van der Waals surface area (Å²) in [7, 11) is 1.87. The Balaban J connectivity index is 0.00000243. The van der Waals surface area contributed by atoms with E-state index in [4.69, 9.17) is 0 Å². The van der Waals surface area contributed by atoms with E-state index in [0.717, 1.165) is 57.3 Å². The van der Waals surface area contributed by atoms with Crippen LogP contribution in [-0.4, -0.2) is 81.7 Å². The molecule has 3 rings (SSSR count). The van der Waals surface area contributed by atoms with Crippen molar-refractivity contribution in [3.05, 3.63) is 12.2 Å². The largest absolute Gasteiger partial charge is 0.357 e. The first-order valence-corrected chi connectivity index (χ1v) is 9.03. The van der Waals surface area contributed by atoms with Crippen LogP contribution in [0.5, 0.6) is 0 Å². The lowest BCUT2D eigenvalue weighted by atomic mass is 10.3. The van der Waals surface area contributed by atoms with E-state index in [1.165, 1.54) is 0 Å². The topological polar surface area (TPSA) is 90.7 Å². The fourth-order valence-corrected chi connectivity index (χ4v) is 2.86. The van der Waals surface area contributed by atoms with Gasteiger partial charge in [-0.2, -0.15) is 5.10 Å².